The van der Waals surface area contributed by atoms with Gasteiger partial charge in [-0.1, -0.05) is 6.92 Å². The van der Waals surface area contributed by atoms with Gasteiger partial charge in [0.2, 0.25) is 0 Å². The summed E-state index contributed by atoms with van der Waals surface area (Å²) in [5.74, 6) is -1.16. The summed E-state index contributed by atoms with van der Waals surface area (Å²) < 4.78 is 31.4. The Hall–Kier alpha value is -2.01. The molecule has 5 heteroatoms. The molecule has 0 aliphatic heterocycles. The smallest absolute Gasteiger partial charge is 0.162 e. The number of nitrogens with two attached hydrogens (primary N) is 1. The Morgan fingerprint density at radius 3 is 2.65 bits per heavy atom. The third kappa shape index (κ3) is 3.74. The third-order valence-corrected chi connectivity index (χ3v) is 2.92. The van der Waals surface area contributed by atoms with Crippen LogP contribution in [0.25, 0.3) is 0 Å². The topological polar surface area (TPSA) is 48.1 Å². The highest BCUT2D eigenvalue weighted by atomic mass is 19.2. The number of hydrogen-bond acceptors (Lipinski definition) is 3. The van der Waals surface area contributed by atoms with Crippen LogP contribution in [-0.2, 0) is 6.42 Å². The molecule has 2 aromatic rings. The largest absolute Gasteiger partial charge is 0.456 e. The van der Waals surface area contributed by atoms with Crippen LogP contribution in [0.1, 0.15) is 18.9 Å². The van der Waals surface area contributed by atoms with E-state index in [4.69, 9.17) is 10.5 Å². The van der Waals surface area contributed by atoms with E-state index in [1.807, 2.05) is 6.92 Å². The van der Waals surface area contributed by atoms with Crippen molar-refractivity contribution in [3.05, 3.63) is 53.9 Å². The predicted octanol–water partition coefficient (Wildman–Crippen LogP) is 3.43. The monoisotopic (exact) mass is 278 g/mol. The van der Waals surface area contributed by atoms with Gasteiger partial charge in [0.05, 0.1) is 6.20 Å². The lowest BCUT2D eigenvalue weighted by molar-refractivity contribution is 0.459. The molecule has 1 unspecified atom stereocenters. The Morgan fingerprint density at radius 1 is 1.15 bits per heavy atom. The van der Waals surface area contributed by atoms with Gasteiger partial charge in [0.15, 0.2) is 11.6 Å². The molecule has 1 heterocycles. The first-order valence-corrected chi connectivity index (χ1v) is 6.41. The van der Waals surface area contributed by atoms with Crippen LogP contribution in [0.3, 0.4) is 0 Å². The molecule has 0 saturated heterocycles. The first-order chi connectivity index (χ1) is 9.58. The van der Waals surface area contributed by atoms with Gasteiger partial charge in [-0.05, 0) is 36.6 Å². The molecule has 0 saturated carbocycles. The zero-order valence-corrected chi connectivity index (χ0v) is 11.1. The van der Waals surface area contributed by atoms with E-state index in [1.165, 1.54) is 12.3 Å². The Bertz CT molecular complexity index is 590. The van der Waals surface area contributed by atoms with Crippen molar-refractivity contribution in [3.63, 3.8) is 0 Å². The summed E-state index contributed by atoms with van der Waals surface area (Å²) in [5, 5.41) is 0. The second-order valence-corrected chi connectivity index (χ2v) is 4.58. The molecule has 1 atom stereocenters. The molecule has 0 fully saturated rings. The van der Waals surface area contributed by atoms with Crippen LogP contribution in [0.15, 0.2) is 36.7 Å². The maximum atomic E-state index is 13.1. The molecule has 2 rings (SSSR count). The zero-order valence-electron chi connectivity index (χ0n) is 11.1. The van der Waals surface area contributed by atoms with Crippen LogP contribution in [0.5, 0.6) is 11.5 Å². The summed E-state index contributed by atoms with van der Waals surface area (Å²) >= 11 is 0. The fourth-order valence-electron chi connectivity index (χ4n) is 1.75. The minimum Gasteiger partial charge on any atom is -0.456 e. The molecule has 2 N–H and O–H groups in total. The van der Waals surface area contributed by atoms with Crippen LogP contribution >= 0.6 is 0 Å². The van der Waals surface area contributed by atoms with Crippen molar-refractivity contribution in [2.24, 2.45) is 5.73 Å². The van der Waals surface area contributed by atoms with Crippen LogP contribution < -0.4 is 10.5 Å². The molecule has 3 nitrogen and oxygen atoms in total. The highest BCUT2D eigenvalue weighted by Crippen LogP contribution is 2.23. The highest BCUT2D eigenvalue weighted by molar-refractivity contribution is 5.32. The molecule has 0 radical (unpaired) electrons. The van der Waals surface area contributed by atoms with E-state index in [-0.39, 0.29) is 11.8 Å². The average molecular weight is 278 g/mol. The lowest BCUT2D eigenvalue weighted by Crippen LogP contribution is -2.21. The molecule has 0 aliphatic rings. The summed E-state index contributed by atoms with van der Waals surface area (Å²) in [6.45, 7) is 2.01. The molecular formula is C15H16F2N2O. The SMILES string of the molecule is CCC(N)Cc1cncc(Oc2ccc(F)c(F)c2)c1. The van der Waals surface area contributed by atoms with Gasteiger partial charge in [-0.2, -0.15) is 0 Å². The van der Waals surface area contributed by atoms with E-state index in [1.54, 1.807) is 12.3 Å². The quantitative estimate of drug-likeness (QED) is 0.911. The van der Waals surface area contributed by atoms with Crippen molar-refractivity contribution < 1.29 is 13.5 Å². The van der Waals surface area contributed by atoms with Gasteiger partial charge in [-0.3, -0.25) is 4.98 Å². The van der Waals surface area contributed by atoms with E-state index < -0.39 is 11.6 Å². The predicted molar refractivity (Wildman–Crippen MR) is 72.6 cm³/mol. The van der Waals surface area contributed by atoms with E-state index in [9.17, 15) is 8.78 Å². The first-order valence-electron chi connectivity index (χ1n) is 6.41. The van der Waals surface area contributed by atoms with Crippen molar-refractivity contribution in [2.75, 3.05) is 0 Å². The molecule has 0 spiro atoms. The second kappa shape index (κ2) is 6.43. The van der Waals surface area contributed by atoms with Crippen molar-refractivity contribution in [1.82, 2.24) is 4.98 Å². The number of pyridine rings is 1. The minimum atomic E-state index is -0.945. The van der Waals surface area contributed by atoms with E-state index >= 15 is 0 Å². The highest BCUT2D eigenvalue weighted by Gasteiger charge is 2.06. The molecule has 20 heavy (non-hydrogen) atoms. The lowest BCUT2D eigenvalue weighted by Gasteiger charge is -2.10. The number of rotatable bonds is 5. The van der Waals surface area contributed by atoms with Crippen LogP contribution in [0, 0.1) is 11.6 Å². The van der Waals surface area contributed by atoms with E-state index in [0.717, 1.165) is 24.1 Å². The fraction of sp³-hybridized carbons (Fsp3) is 0.267. The average Bonchev–Trinajstić information content (AvgIpc) is 2.43. The zero-order chi connectivity index (χ0) is 14.5. The summed E-state index contributed by atoms with van der Waals surface area (Å²) in [4.78, 5) is 4.06. The van der Waals surface area contributed by atoms with Gasteiger partial charge >= 0.3 is 0 Å². The molecule has 0 amide bonds. The lowest BCUT2D eigenvalue weighted by atomic mass is 10.1. The van der Waals surface area contributed by atoms with Gasteiger partial charge in [0.1, 0.15) is 11.5 Å². The van der Waals surface area contributed by atoms with Gasteiger partial charge in [-0.25, -0.2) is 8.78 Å². The van der Waals surface area contributed by atoms with Crippen molar-refractivity contribution in [1.29, 1.82) is 0 Å². The summed E-state index contributed by atoms with van der Waals surface area (Å²) in [6.07, 6.45) is 4.79. The molecule has 1 aromatic heterocycles. The molecule has 1 aromatic carbocycles. The second-order valence-electron chi connectivity index (χ2n) is 4.58. The summed E-state index contributed by atoms with van der Waals surface area (Å²) in [7, 11) is 0. The first kappa shape index (κ1) is 14.4. The minimum absolute atomic E-state index is 0.0651. The number of nitrogens with zero attached hydrogens (tertiary/aromatic N) is 1. The Balaban J connectivity index is 2.12. The number of ether oxygens (including phenoxy) is 1. The van der Waals surface area contributed by atoms with Crippen molar-refractivity contribution in [3.8, 4) is 11.5 Å². The third-order valence-electron chi connectivity index (χ3n) is 2.92. The molecule has 0 bridgehead atoms. The summed E-state index contributed by atoms with van der Waals surface area (Å²) in [6, 6.07) is 5.25. The van der Waals surface area contributed by atoms with Crippen LogP contribution in [0.2, 0.25) is 0 Å². The normalized spacial score (nSPS) is 12.2. The van der Waals surface area contributed by atoms with Crippen molar-refractivity contribution >= 4 is 0 Å². The maximum Gasteiger partial charge on any atom is 0.162 e. The summed E-state index contributed by atoms with van der Waals surface area (Å²) in [5.41, 5.74) is 6.83. The maximum absolute atomic E-state index is 13.1. The molecule has 0 aliphatic carbocycles. The number of aromatic nitrogens is 1. The van der Waals surface area contributed by atoms with Crippen LogP contribution in [0.4, 0.5) is 8.78 Å². The Morgan fingerprint density at radius 2 is 1.95 bits per heavy atom. The standard InChI is InChI=1S/C15H16F2N2O/c1-2-11(18)5-10-6-13(9-19-8-10)20-12-3-4-14(16)15(17)7-12/h3-4,6-9,11H,2,5,18H2,1H3. The van der Waals surface area contributed by atoms with E-state index in [2.05, 4.69) is 4.98 Å². The number of benzene rings is 1. The fourth-order valence-corrected chi connectivity index (χ4v) is 1.75. The number of hydrogen-bond donors (Lipinski definition) is 1. The molecule has 106 valence electrons. The Kier molecular flexibility index (Phi) is 4.63. The molecular weight excluding hydrogens is 262 g/mol. The van der Waals surface area contributed by atoms with E-state index in [0.29, 0.717) is 12.2 Å². The van der Waals surface area contributed by atoms with Crippen LogP contribution in [-0.4, -0.2) is 11.0 Å². The van der Waals surface area contributed by atoms with Gasteiger partial charge in [0.25, 0.3) is 0 Å². The number of halogens is 2. The van der Waals surface area contributed by atoms with Gasteiger partial charge in [-0.15, -0.1) is 0 Å². The van der Waals surface area contributed by atoms with Gasteiger partial charge < -0.3 is 10.5 Å². The van der Waals surface area contributed by atoms with Crippen molar-refractivity contribution in [2.45, 2.75) is 25.8 Å². The van der Waals surface area contributed by atoms with Gasteiger partial charge in [0, 0.05) is 18.3 Å². The Labute approximate surface area is 116 Å².